The van der Waals surface area contributed by atoms with Gasteiger partial charge in [0.25, 0.3) is 0 Å². The Kier molecular flexibility index (Phi) is 8.22. The van der Waals surface area contributed by atoms with E-state index in [1.54, 1.807) is 7.05 Å². The average molecular weight is 338 g/mol. The van der Waals surface area contributed by atoms with E-state index in [4.69, 9.17) is 4.52 Å². The van der Waals surface area contributed by atoms with Crippen LogP contribution in [0.2, 0.25) is 0 Å². The smallest absolute Gasteiger partial charge is 0.226 e. The van der Waals surface area contributed by atoms with Crippen molar-refractivity contribution in [3.8, 4) is 0 Å². The molecule has 0 radical (unpaired) electrons. The van der Waals surface area contributed by atoms with Crippen LogP contribution in [0.25, 0.3) is 0 Å². The minimum Gasteiger partial charge on any atom is -0.356 e. The molecular formula is C18H35N5O. The second kappa shape index (κ2) is 9.64. The standard InChI is InChI=1S/C18H35N5O/c1-13(2)16-22-15(24-23-16)9-8-12-20-17(19-7)21-14(3)10-11-18(4,5)6/h13-14H,8-12H2,1-7H3,(H2,19,20,21). The SMILES string of the molecule is CN=C(NCCCc1nc(C(C)C)no1)NC(C)CCC(C)(C)C. The second-order valence-electron chi connectivity index (χ2n) is 7.95. The van der Waals surface area contributed by atoms with Gasteiger partial charge >= 0.3 is 0 Å². The van der Waals surface area contributed by atoms with E-state index >= 15 is 0 Å². The summed E-state index contributed by atoms with van der Waals surface area (Å²) in [5.74, 6) is 2.65. The van der Waals surface area contributed by atoms with Crippen LogP contribution < -0.4 is 10.6 Å². The molecule has 6 heteroatoms. The summed E-state index contributed by atoms with van der Waals surface area (Å²) in [6, 6.07) is 0.403. The quantitative estimate of drug-likeness (QED) is 0.431. The first kappa shape index (κ1) is 20.5. The highest BCUT2D eigenvalue weighted by molar-refractivity contribution is 5.79. The van der Waals surface area contributed by atoms with Crippen molar-refractivity contribution in [1.82, 2.24) is 20.8 Å². The summed E-state index contributed by atoms with van der Waals surface area (Å²) < 4.78 is 5.25. The number of hydrogen-bond acceptors (Lipinski definition) is 4. The average Bonchev–Trinajstić information content (AvgIpc) is 2.96. The van der Waals surface area contributed by atoms with Gasteiger partial charge in [0.05, 0.1) is 0 Å². The molecule has 0 amide bonds. The molecule has 0 aliphatic rings. The molecule has 1 aromatic heterocycles. The number of rotatable bonds is 8. The van der Waals surface area contributed by atoms with Crippen molar-refractivity contribution < 1.29 is 4.52 Å². The predicted octanol–water partition coefficient (Wildman–Crippen LogP) is 3.51. The Balaban J connectivity index is 2.26. The lowest BCUT2D eigenvalue weighted by molar-refractivity contribution is 0.346. The summed E-state index contributed by atoms with van der Waals surface area (Å²) in [5, 5.41) is 10.8. The number of aliphatic imine (C=N–C) groups is 1. The number of hydrogen-bond donors (Lipinski definition) is 2. The predicted molar refractivity (Wildman–Crippen MR) is 99.4 cm³/mol. The van der Waals surface area contributed by atoms with Gasteiger partial charge in [-0.1, -0.05) is 39.8 Å². The first-order valence-electron chi connectivity index (χ1n) is 9.01. The first-order chi connectivity index (χ1) is 11.2. The first-order valence-corrected chi connectivity index (χ1v) is 9.01. The maximum atomic E-state index is 5.25. The fraction of sp³-hybridized carbons (Fsp3) is 0.833. The normalized spacial score (nSPS) is 14.1. The fourth-order valence-electron chi connectivity index (χ4n) is 2.20. The lowest BCUT2D eigenvalue weighted by Crippen LogP contribution is -2.42. The van der Waals surface area contributed by atoms with Gasteiger partial charge in [-0.15, -0.1) is 0 Å². The third-order valence-corrected chi connectivity index (χ3v) is 3.79. The van der Waals surface area contributed by atoms with Crippen molar-refractivity contribution in [1.29, 1.82) is 0 Å². The zero-order valence-electron chi connectivity index (χ0n) is 16.4. The molecule has 0 aliphatic heterocycles. The van der Waals surface area contributed by atoms with Crippen LogP contribution in [-0.2, 0) is 6.42 Å². The molecule has 6 nitrogen and oxygen atoms in total. The number of aromatic nitrogens is 2. The van der Waals surface area contributed by atoms with Crippen molar-refractivity contribution in [2.45, 2.75) is 79.2 Å². The molecule has 24 heavy (non-hydrogen) atoms. The Hall–Kier alpha value is -1.59. The Labute approximate surface area is 146 Å². The molecule has 1 rings (SSSR count). The zero-order chi connectivity index (χ0) is 18.2. The maximum absolute atomic E-state index is 5.25. The van der Waals surface area contributed by atoms with Gasteiger partial charge in [0, 0.05) is 32.0 Å². The van der Waals surface area contributed by atoms with E-state index in [1.807, 2.05) is 0 Å². The van der Waals surface area contributed by atoms with E-state index in [0.29, 0.717) is 23.3 Å². The molecule has 2 N–H and O–H groups in total. The summed E-state index contributed by atoms with van der Waals surface area (Å²) in [6.07, 6.45) is 4.03. The molecule has 0 saturated carbocycles. The van der Waals surface area contributed by atoms with Crippen LogP contribution in [0.5, 0.6) is 0 Å². The van der Waals surface area contributed by atoms with E-state index in [1.165, 1.54) is 6.42 Å². The van der Waals surface area contributed by atoms with Crippen molar-refractivity contribution in [2.75, 3.05) is 13.6 Å². The second-order valence-corrected chi connectivity index (χ2v) is 7.95. The molecule has 1 unspecified atom stereocenters. The van der Waals surface area contributed by atoms with Crippen LogP contribution in [-0.4, -0.2) is 35.7 Å². The molecule has 0 spiro atoms. The van der Waals surface area contributed by atoms with Crippen LogP contribution in [0, 0.1) is 5.41 Å². The summed E-state index contributed by atoms with van der Waals surface area (Å²) in [6.45, 7) is 14.0. The van der Waals surface area contributed by atoms with Crippen molar-refractivity contribution in [3.05, 3.63) is 11.7 Å². The largest absolute Gasteiger partial charge is 0.356 e. The molecule has 0 aliphatic carbocycles. The van der Waals surface area contributed by atoms with Gasteiger partial charge < -0.3 is 15.2 Å². The molecule has 0 saturated heterocycles. The highest BCUT2D eigenvalue weighted by atomic mass is 16.5. The number of nitrogens with zero attached hydrogens (tertiary/aromatic N) is 3. The number of nitrogens with one attached hydrogen (secondary N) is 2. The fourth-order valence-corrected chi connectivity index (χ4v) is 2.20. The van der Waals surface area contributed by atoms with E-state index in [-0.39, 0.29) is 0 Å². The van der Waals surface area contributed by atoms with Gasteiger partial charge in [0.15, 0.2) is 11.8 Å². The van der Waals surface area contributed by atoms with E-state index < -0.39 is 0 Å². The Morgan fingerprint density at radius 2 is 1.96 bits per heavy atom. The lowest BCUT2D eigenvalue weighted by Gasteiger charge is -2.23. The molecule has 1 heterocycles. The summed E-state index contributed by atoms with van der Waals surface area (Å²) >= 11 is 0. The van der Waals surface area contributed by atoms with Crippen LogP contribution in [0.3, 0.4) is 0 Å². The molecule has 1 aromatic rings. The third-order valence-electron chi connectivity index (χ3n) is 3.79. The Bertz CT molecular complexity index is 502. The minimum atomic E-state index is 0.304. The topological polar surface area (TPSA) is 75.3 Å². The Morgan fingerprint density at radius 3 is 2.50 bits per heavy atom. The van der Waals surface area contributed by atoms with E-state index in [0.717, 1.165) is 37.6 Å². The van der Waals surface area contributed by atoms with Crippen LogP contribution in [0.15, 0.2) is 9.52 Å². The van der Waals surface area contributed by atoms with Crippen molar-refractivity contribution >= 4 is 5.96 Å². The highest BCUT2D eigenvalue weighted by Gasteiger charge is 2.13. The molecule has 0 bridgehead atoms. The van der Waals surface area contributed by atoms with Gasteiger partial charge in [-0.3, -0.25) is 4.99 Å². The Morgan fingerprint density at radius 1 is 1.25 bits per heavy atom. The molecular weight excluding hydrogens is 302 g/mol. The van der Waals surface area contributed by atoms with Gasteiger partial charge in [0.2, 0.25) is 5.89 Å². The molecule has 138 valence electrons. The maximum Gasteiger partial charge on any atom is 0.226 e. The third kappa shape index (κ3) is 8.31. The summed E-state index contributed by atoms with van der Waals surface area (Å²) in [5.41, 5.74) is 0.367. The molecule has 1 atom stereocenters. The number of guanidine groups is 1. The lowest BCUT2D eigenvalue weighted by atomic mass is 9.89. The van der Waals surface area contributed by atoms with Gasteiger partial charge in [0.1, 0.15) is 0 Å². The molecule has 0 aromatic carbocycles. The zero-order valence-corrected chi connectivity index (χ0v) is 16.4. The van der Waals surface area contributed by atoms with Gasteiger partial charge in [-0.2, -0.15) is 4.98 Å². The van der Waals surface area contributed by atoms with E-state index in [2.05, 4.69) is 67.3 Å². The minimum absolute atomic E-state index is 0.304. The van der Waals surface area contributed by atoms with Gasteiger partial charge in [-0.25, -0.2) is 0 Å². The van der Waals surface area contributed by atoms with Crippen molar-refractivity contribution in [3.63, 3.8) is 0 Å². The van der Waals surface area contributed by atoms with Gasteiger partial charge in [-0.05, 0) is 31.6 Å². The summed E-state index contributed by atoms with van der Waals surface area (Å²) in [7, 11) is 1.80. The molecule has 0 fully saturated rings. The van der Waals surface area contributed by atoms with E-state index in [9.17, 15) is 0 Å². The van der Waals surface area contributed by atoms with Crippen LogP contribution >= 0.6 is 0 Å². The van der Waals surface area contributed by atoms with Crippen LogP contribution in [0.4, 0.5) is 0 Å². The number of aryl methyl sites for hydroxylation is 1. The highest BCUT2D eigenvalue weighted by Crippen LogP contribution is 2.21. The van der Waals surface area contributed by atoms with Crippen LogP contribution in [0.1, 0.15) is 78.4 Å². The van der Waals surface area contributed by atoms with Crippen molar-refractivity contribution in [2.24, 2.45) is 10.4 Å². The monoisotopic (exact) mass is 337 g/mol. The summed E-state index contributed by atoms with van der Waals surface area (Å²) in [4.78, 5) is 8.68.